The first-order chi connectivity index (χ1) is 8.22. The van der Waals surface area contributed by atoms with Gasteiger partial charge in [0.1, 0.15) is 0 Å². The molecule has 1 aliphatic heterocycles. The number of carbonyl (C=O) groups excluding carboxylic acids is 1. The lowest BCUT2D eigenvalue weighted by Gasteiger charge is -2.30. The Bertz CT molecular complexity index is 222. The first kappa shape index (κ1) is 21.3. The summed E-state index contributed by atoms with van der Waals surface area (Å²) in [6.45, 7) is 7.29. The van der Waals surface area contributed by atoms with Gasteiger partial charge >= 0.3 is 0 Å². The van der Waals surface area contributed by atoms with Crippen molar-refractivity contribution in [2.24, 2.45) is 11.7 Å². The summed E-state index contributed by atoms with van der Waals surface area (Å²) in [6.07, 6.45) is 5.06. The Labute approximate surface area is 129 Å². The molecule has 6 heteroatoms. The molecule has 0 atom stereocenters. The number of likely N-dealkylation sites (tertiary alicyclic amines) is 1. The molecule has 116 valence electrons. The lowest BCUT2D eigenvalue weighted by molar-refractivity contribution is -0.121. The molecule has 1 heterocycles. The molecule has 0 radical (unpaired) electrons. The van der Waals surface area contributed by atoms with Crippen LogP contribution in [0.4, 0.5) is 0 Å². The minimum atomic E-state index is 0. The lowest BCUT2D eigenvalue weighted by atomic mass is 9.99. The number of rotatable bonds is 7. The molecule has 1 fully saturated rings. The normalized spacial score (nSPS) is 16.3. The highest BCUT2D eigenvalue weighted by molar-refractivity contribution is 5.85. The first-order valence-electron chi connectivity index (χ1n) is 6.91. The fourth-order valence-corrected chi connectivity index (χ4v) is 2.17. The summed E-state index contributed by atoms with van der Waals surface area (Å²) in [6, 6.07) is 0. The second-order valence-corrected chi connectivity index (χ2v) is 5.12. The summed E-state index contributed by atoms with van der Waals surface area (Å²) in [5, 5.41) is 2.94. The molecule has 4 nitrogen and oxygen atoms in total. The number of amides is 1. The first-order valence-corrected chi connectivity index (χ1v) is 6.91. The molecule has 19 heavy (non-hydrogen) atoms. The Morgan fingerprint density at radius 1 is 1.26 bits per heavy atom. The number of hydrogen-bond acceptors (Lipinski definition) is 3. The number of carbonyl (C=O) groups is 1. The third kappa shape index (κ3) is 10.4. The van der Waals surface area contributed by atoms with Gasteiger partial charge in [0.25, 0.3) is 0 Å². The van der Waals surface area contributed by atoms with Crippen LogP contribution in [-0.4, -0.2) is 43.5 Å². The third-order valence-corrected chi connectivity index (χ3v) is 3.46. The van der Waals surface area contributed by atoms with Gasteiger partial charge in [-0.1, -0.05) is 6.92 Å². The predicted octanol–water partition coefficient (Wildman–Crippen LogP) is 1.81. The largest absolute Gasteiger partial charge is 0.356 e. The number of nitrogens with one attached hydrogen (secondary N) is 1. The molecular weight excluding hydrogens is 285 g/mol. The van der Waals surface area contributed by atoms with Crippen molar-refractivity contribution in [3.05, 3.63) is 0 Å². The van der Waals surface area contributed by atoms with Crippen LogP contribution in [0.3, 0.4) is 0 Å². The summed E-state index contributed by atoms with van der Waals surface area (Å²) in [4.78, 5) is 13.8. The van der Waals surface area contributed by atoms with Gasteiger partial charge in [0, 0.05) is 13.0 Å². The van der Waals surface area contributed by atoms with Crippen LogP contribution in [0.5, 0.6) is 0 Å². The van der Waals surface area contributed by atoms with E-state index in [1.165, 1.54) is 25.9 Å². The van der Waals surface area contributed by atoms with E-state index in [-0.39, 0.29) is 30.7 Å². The minimum Gasteiger partial charge on any atom is -0.356 e. The zero-order chi connectivity index (χ0) is 12.5. The van der Waals surface area contributed by atoms with Crippen molar-refractivity contribution in [3.8, 4) is 0 Å². The second-order valence-electron chi connectivity index (χ2n) is 5.12. The Morgan fingerprint density at radius 3 is 2.47 bits per heavy atom. The summed E-state index contributed by atoms with van der Waals surface area (Å²) >= 11 is 0. The molecule has 0 spiro atoms. The van der Waals surface area contributed by atoms with E-state index in [1.54, 1.807) is 0 Å². The van der Waals surface area contributed by atoms with E-state index in [0.717, 1.165) is 31.8 Å². The molecule has 1 aliphatic rings. The van der Waals surface area contributed by atoms with Crippen molar-refractivity contribution < 1.29 is 4.79 Å². The molecular formula is C13H29Cl2N3O. The van der Waals surface area contributed by atoms with Gasteiger partial charge in [-0.25, -0.2) is 0 Å². The van der Waals surface area contributed by atoms with Crippen molar-refractivity contribution in [1.29, 1.82) is 0 Å². The smallest absolute Gasteiger partial charge is 0.220 e. The standard InChI is InChI=1S/C13H27N3O.2ClH/c1-12-5-10-16(11-6-12)9-3-8-15-13(17)4-2-7-14;;/h12H,2-11,14H2,1H3,(H,15,17);2*1H. The Hall–Kier alpha value is -0.0300. The number of nitrogens with zero attached hydrogens (tertiary/aromatic N) is 1. The molecule has 1 amide bonds. The van der Waals surface area contributed by atoms with Crippen molar-refractivity contribution in [3.63, 3.8) is 0 Å². The molecule has 0 saturated carbocycles. The molecule has 0 aromatic heterocycles. The van der Waals surface area contributed by atoms with Crippen LogP contribution in [0.15, 0.2) is 0 Å². The second kappa shape index (κ2) is 13.0. The molecule has 0 aliphatic carbocycles. The van der Waals surface area contributed by atoms with Crippen LogP contribution in [-0.2, 0) is 4.79 Å². The zero-order valence-corrected chi connectivity index (χ0v) is 13.5. The molecule has 0 bridgehead atoms. The third-order valence-electron chi connectivity index (χ3n) is 3.46. The van der Waals surface area contributed by atoms with E-state index >= 15 is 0 Å². The quantitative estimate of drug-likeness (QED) is 0.705. The number of hydrogen-bond donors (Lipinski definition) is 2. The van der Waals surface area contributed by atoms with E-state index in [9.17, 15) is 4.79 Å². The number of piperidine rings is 1. The lowest BCUT2D eigenvalue weighted by Crippen LogP contribution is -2.35. The van der Waals surface area contributed by atoms with Gasteiger partial charge in [-0.3, -0.25) is 4.79 Å². The van der Waals surface area contributed by atoms with Gasteiger partial charge in [-0.05, 0) is 57.8 Å². The van der Waals surface area contributed by atoms with Gasteiger partial charge in [0.05, 0.1) is 0 Å². The van der Waals surface area contributed by atoms with Crippen LogP contribution in [0, 0.1) is 5.92 Å². The molecule has 1 saturated heterocycles. The van der Waals surface area contributed by atoms with Gasteiger partial charge in [-0.15, -0.1) is 24.8 Å². The zero-order valence-electron chi connectivity index (χ0n) is 11.9. The summed E-state index contributed by atoms with van der Waals surface area (Å²) in [7, 11) is 0. The van der Waals surface area contributed by atoms with Crippen molar-refractivity contribution in [2.75, 3.05) is 32.7 Å². The Kier molecular flexibility index (Phi) is 14.5. The van der Waals surface area contributed by atoms with Gasteiger partial charge < -0.3 is 16.0 Å². The summed E-state index contributed by atoms with van der Waals surface area (Å²) in [5.41, 5.74) is 5.35. The van der Waals surface area contributed by atoms with Gasteiger partial charge in [-0.2, -0.15) is 0 Å². The average Bonchev–Trinajstić information content (AvgIpc) is 2.34. The maximum absolute atomic E-state index is 11.3. The van der Waals surface area contributed by atoms with Crippen LogP contribution >= 0.6 is 24.8 Å². The topological polar surface area (TPSA) is 58.4 Å². The van der Waals surface area contributed by atoms with Crippen LogP contribution in [0.25, 0.3) is 0 Å². The predicted molar refractivity (Wildman–Crippen MR) is 85.2 cm³/mol. The highest BCUT2D eigenvalue weighted by Crippen LogP contribution is 2.15. The molecule has 1 rings (SSSR count). The molecule has 0 unspecified atom stereocenters. The van der Waals surface area contributed by atoms with Crippen LogP contribution < -0.4 is 11.1 Å². The molecule has 0 aromatic carbocycles. The van der Waals surface area contributed by atoms with Crippen molar-refractivity contribution >= 4 is 30.7 Å². The SMILES string of the molecule is CC1CCN(CCCNC(=O)CCCN)CC1.Cl.Cl. The van der Waals surface area contributed by atoms with Crippen molar-refractivity contribution in [1.82, 2.24) is 10.2 Å². The number of nitrogens with two attached hydrogens (primary N) is 1. The van der Waals surface area contributed by atoms with Crippen LogP contribution in [0.1, 0.15) is 39.0 Å². The van der Waals surface area contributed by atoms with E-state index in [2.05, 4.69) is 17.1 Å². The van der Waals surface area contributed by atoms with Crippen molar-refractivity contribution in [2.45, 2.75) is 39.0 Å². The van der Waals surface area contributed by atoms with E-state index < -0.39 is 0 Å². The van der Waals surface area contributed by atoms with E-state index in [1.807, 2.05) is 0 Å². The summed E-state index contributed by atoms with van der Waals surface area (Å²) < 4.78 is 0. The highest BCUT2D eigenvalue weighted by atomic mass is 35.5. The maximum atomic E-state index is 11.3. The Morgan fingerprint density at radius 2 is 1.89 bits per heavy atom. The monoisotopic (exact) mass is 313 g/mol. The Balaban J connectivity index is 0. The van der Waals surface area contributed by atoms with E-state index in [0.29, 0.717) is 13.0 Å². The van der Waals surface area contributed by atoms with Crippen LogP contribution in [0.2, 0.25) is 0 Å². The van der Waals surface area contributed by atoms with Gasteiger partial charge in [0.2, 0.25) is 5.91 Å². The molecule has 0 aromatic rings. The maximum Gasteiger partial charge on any atom is 0.220 e. The van der Waals surface area contributed by atoms with E-state index in [4.69, 9.17) is 5.73 Å². The minimum absolute atomic E-state index is 0. The summed E-state index contributed by atoms with van der Waals surface area (Å²) in [5.74, 6) is 1.03. The fraction of sp³-hybridized carbons (Fsp3) is 0.923. The van der Waals surface area contributed by atoms with Gasteiger partial charge in [0.15, 0.2) is 0 Å². The highest BCUT2D eigenvalue weighted by Gasteiger charge is 2.14. The number of halogens is 2. The fourth-order valence-electron chi connectivity index (χ4n) is 2.17. The molecule has 3 N–H and O–H groups in total. The average molecular weight is 314 g/mol.